The number of thioether (sulfide) groups is 1. The smallest absolute Gasteiger partial charge is 0.277 e. The Morgan fingerprint density at radius 3 is 2.65 bits per heavy atom. The van der Waals surface area contributed by atoms with Crippen LogP contribution in [0.4, 0.5) is 0 Å². The molecule has 0 aliphatic heterocycles. The van der Waals surface area contributed by atoms with Crippen molar-refractivity contribution in [3.05, 3.63) is 28.8 Å². The van der Waals surface area contributed by atoms with Crippen LogP contribution < -0.4 is 0 Å². The minimum absolute atomic E-state index is 0.0334. The van der Waals surface area contributed by atoms with Crippen molar-refractivity contribution in [2.75, 3.05) is 0 Å². The summed E-state index contributed by atoms with van der Waals surface area (Å²) >= 11 is 2.99. The lowest BCUT2D eigenvalue weighted by atomic mass is 10.3. The van der Waals surface area contributed by atoms with Gasteiger partial charge in [0.1, 0.15) is 0 Å². The van der Waals surface area contributed by atoms with Crippen LogP contribution in [0.25, 0.3) is 10.8 Å². The van der Waals surface area contributed by atoms with E-state index in [9.17, 15) is 0 Å². The van der Waals surface area contributed by atoms with Gasteiger partial charge in [0.15, 0.2) is 0 Å². The zero-order valence-electron chi connectivity index (χ0n) is 11.2. The standard InChI is InChI=1S/C12H12N4O2S2/c1-6-4-5-19-9(6)11-15-16-12(18-11)20-7(2)10-14-13-8(3)17-10/h4-5,7H,1-3H3/t7-/m1/s1. The lowest BCUT2D eigenvalue weighted by Crippen LogP contribution is -1.88. The Balaban J connectivity index is 1.76. The van der Waals surface area contributed by atoms with E-state index in [4.69, 9.17) is 8.83 Å². The Morgan fingerprint density at radius 2 is 2.00 bits per heavy atom. The molecular formula is C12H12N4O2S2. The van der Waals surface area contributed by atoms with E-state index < -0.39 is 0 Å². The highest BCUT2D eigenvalue weighted by atomic mass is 32.2. The van der Waals surface area contributed by atoms with E-state index in [-0.39, 0.29) is 5.25 Å². The number of aryl methyl sites for hydroxylation is 2. The fourth-order valence-corrected chi connectivity index (χ4v) is 3.18. The topological polar surface area (TPSA) is 77.8 Å². The van der Waals surface area contributed by atoms with Crippen molar-refractivity contribution in [3.8, 4) is 10.8 Å². The summed E-state index contributed by atoms with van der Waals surface area (Å²) in [6, 6.07) is 2.03. The molecule has 3 rings (SSSR count). The summed E-state index contributed by atoms with van der Waals surface area (Å²) in [5.74, 6) is 1.65. The Morgan fingerprint density at radius 1 is 1.15 bits per heavy atom. The Kier molecular flexibility index (Phi) is 3.58. The first-order chi connectivity index (χ1) is 9.63. The third kappa shape index (κ3) is 2.61. The van der Waals surface area contributed by atoms with E-state index in [0.29, 0.717) is 22.9 Å². The highest BCUT2D eigenvalue weighted by molar-refractivity contribution is 7.99. The fraction of sp³-hybridized carbons (Fsp3) is 0.333. The molecule has 3 aromatic rings. The third-order valence-electron chi connectivity index (χ3n) is 2.63. The predicted octanol–water partition coefficient (Wildman–Crippen LogP) is 3.65. The highest BCUT2D eigenvalue weighted by Gasteiger charge is 2.19. The number of hydrogen-bond donors (Lipinski definition) is 0. The molecule has 0 saturated carbocycles. The Bertz CT molecular complexity index is 718. The molecule has 0 saturated heterocycles. The number of thiophene rings is 1. The van der Waals surface area contributed by atoms with Crippen molar-refractivity contribution in [2.45, 2.75) is 31.2 Å². The largest absolute Gasteiger partial charge is 0.424 e. The zero-order valence-corrected chi connectivity index (χ0v) is 12.8. The Hall–Kier alpha value is -1.67. The van der Waals surface area contributed by atoms with Crippen molar-refractivity contribution in [1.82, 2.24) is 20.4 Å². The molecule has 0 N–H and O–H groups in total. The second-order valence-electron chi connectivity index (χ2n) is 4.23. The normalized spacial score (nSPS) is 12.8. The molecule has 104 valence electrons. The molecule has 3 aromatic heterocycles. The zero-order chi connectivity index (χ0) is 14.1. The van der Waals surface area contributed by atoms with E-state index in [1.807, 2.05) is 25.3 Å². The van der Waals surface area contributed by atoms with Gasteiger partial charge in [-0.1, -0.05) is 11.8 Å². The summed E-state index contributed by atoms with van der Waals surface area (Å²) in [6.07, 6.45) is 0. The summed E-state index contributed by atoms with van der Waals surface area (Å²) in [5, 5.41) is 18.4. The van der Waals surface area contributed by atoms with Crippen LogP contribution in [0.2, 0.25) is 0 Å². The van der Waals surface area contributed by atoms with Crippen LogP contribution in [-0.2, 0) is 0 Å². The van der Waals surface area contributed by atoms with E-state index in [1.165, 1.54) is 11.8 Å². The maximum atomic E-state index is 5.67. The summed E-state index contributed by atoms with van der Waals surface area (Å²) in [6.45, 7) is 5.74. The monoisotopic (exact) mass is 308 g/mol. The summed E-state index contributed by atoms with van der Waals surface area (Å²) < 4.78 is 11.1. The van der Waals surface area contributed by atoms with Gasteiger partial charge in [-0.25, -0.2) is 0 Å². The van der Waals surface area contributed by atoms with E-state index in [2.05, 4.69) is 20.4 Å². The van der Waals surface area contributed by atoms with Crippen molar-refractivity contribution in [2.24, 2.45) is 0 Å². The van der Waals surface area contributed by atoms with Crippen LogP contribution in [0.5, 0.6) is 0 Å². The van der Waals surface area contributed by atoms with Crippen LogP contribution in [-0.4, -0.2) is 20.4 Å². The van der Waals surface area contributed by atoms with Crippen LogP contribution >= 0.6 is 23.1 Å². The summed E-state index contributed by atoms with van der Waals surface area (Å²) in [5.41, 5.74) is 1.13. The maximum Gasteiger partial charge on any atom is 0.277 e. The van der Waals surface area contributed by atoms with Gasteiger partial charge in [-0.3, -0.25) is 0 Å². The first-order valence-electron chi connectivity index (χ1n) is 5.98. The van der Waals surface area contributed by atoms with E-state index in [0.717, 1.165) is 10.4 Å². The molecule has 0 unspecified atom stereocenters. The first kappa shape index (κ1) is 13.3. The third-order valence-corrected chi connectivity index (χ3v) is 4.56. The van der Waals surface area contributed by atoms with Crippen LogP contribution in [0, 0.1) is 13.8 Å². The van der Waals surface area contributed by atoms with Gasteiger partial charge in [-0.2, -0.15) is 0 Å². The molecule has 0 amide bonds. The van der Waals surface area contributed by atoms with Gasteiger partial charge >= 0.3 is 0 Å². The van der Waals surface area contributed by atoms with Gasteiger partial charge in [-0.05, 0) is 30.9 Å². The lowest BCUT2D eigenvalue weighted by molar-refractivity contribution is 0.455. The molecule has 0 aromatic carbocycles. The number of rotatable bonds is 4. The van der Waals surface area contributed by atoms with Gasteiger partial charge < -0.3 is 8.83 Å². The molecule has 0 aliphatic carbocycles. The van der Waals surface area contributed by atoms with Crippen LogP contribution in [0.1, 0.15) is 29.5 Å². The molecule has 0 bridgehead atoms. The molecule has 0 spiro atoms. The molecule has 3 heterocycles. The van der Waals surface area contributed by atoms with Gasteiger partial charge in [-0.15, -0.1) is 31.7 Å². The number of hydrogen-bond acceptors (Lipinski definition) is 8. The van der Waals surface area contributed by atoms with Crippen molar-refractivity contribution in [3.63, 3.8) is 0 Å². The SMILES string of the molecule is Cc1nnc([C@@H](C)Sc2nnc(-c3sccc3C)o2)o1. The predicted molar refractivity (Wildman–Crippen MR) is 75.7 cm³/mol. The first-order valence-corrected chi connectivity index (χ1v) is 7.74. The lowest BCUT2D eigenvalue weighted by Gasteiger charge is -2.01. The quantitative estimate of drug-likeness (QED) is 0.681. The second-order valence-corrected chi connectivity index (χ2v) is 6.43. The highest BCUT2D eigenvalue weighted by Crippen LogP contribution is 2.35. The van der Waals surface area contributed by atoms with Gasteiger partial charge in [0.05, 0.1) is 10.1 Å². The molecule has 0 aliphatic rings. The minimum atomic E-state index is -0.0334. The van der Waals surface area contributed by atoms with Gasteiger partial charge in [0, 0.05) is 6.92 Å². The number of nitrogens with zero attached hydrogens (tertiary/aromatic N) is 4. The van der Waals surface area contributed by atoms with E-state index in [1.54, 1.807) is 18.3 Å². The molecule has 20 heavy (non-hydrogen) atoms. The molecule has 0 fully saturated rings. The molecule has 8 heteroatoms. The minimum Gasteiger partial charge on any atom is -0.424 e. The average Bonchev–Trinajstić information content (AvgIpc) is 3.10. The molecular weight excluding hydrogens is 296 g/mol. The van der Waals surface area contributed by atoms with E-state index >= 15 is 0 Å². The maximum absolute atomic E-state index is 5.67. The van der Waals surface area contributed by atoms with Crippen molar-refractivity contribution < 1.29 is 8.83 Å². The fourth-order valence-electron chi connectivity index (χ4n) is 1.62. The van der Waals surface area contributed by atoms with Crippen molar-refractivity contribution >= 4 is 23.1 Å². The second kappa shape index (κ2) is 5.37. The van der Waals surface area contributed by atoms with Crippen LogP contribution in [0.3, 0.4) is 0 Å². The van der Waals surface area contributed by atoms with Gasteiger partial charge in [0.25, 0.3) is 11.1 Å². The van der Waals surface area contributed by atoms with Crippen LogP contribution in [0.15, 0.2) is 25.5 Å². The Labute approximate surface area is 123 Å². The molecule has 1 atom stereocenters. The molecule has 0 radical (unpaired) electrons. The van der Waals surface area contributed by atoms with Crippen molar-refractivity contribution in [1.29, 1.82) is 0 Å². The summed E-state index contributed by atoms with van der Waals surface area (Å²) in [7, 11) is 0. The van der Waals surface area contributed by atoms with Gasteiger partial charge in [0.2, 0.25) is 11.8 Å². The summed E-state index contributed by atoms with van der Waals surface area (Å²) in [4.78, 5) is 1.01. The number of aromatic nitrogens is 4. The molecule has 6 nitrogen and oxygen atoms in total. The average molecular weight is 308 g/mol.